The summed E-state index contributed by atoms with van der Waals surface area (Å²) in [5.41, 5.74) is 1.02. The standard InChI is InChI=1S/C10H14N2O/c1-9(13)12(2)8-11-10-6-4-3-5-7-10/h3-7,11H,8H2,1-2H3. The summed E-state index contributed by atoms with van der Waals surface area (Å²) in [6, 6.07) is 9.80. The van der Waals surface area contributed by atoms with E-state index in [4.69, 9.17) is 0 Å². The number of carbonyl (C=O) groups is 1. The first-order valence-corrected chi connectivity index (χ1v) is 4.21. The fourth-order valence-electron chi connectivity index (χ4n) is 0.877. The van der Waals surface area contributed by atoms with Crippen LogP contribution in [-0.2, 0) is 4.79 Å². The molecule has 0 saturated heterocycles. The van der Waals surface area contributed by atoms with Crippen molar-refractivity contribution in [1.82, 2.24) is 4.90 Å². The van der Waals surface area contributed by atoms with Gasteiger partial charge in [-0.05, 0) is 12.1 Å². The van der Waals surface area contributed by atoms with Crippen LogP contribution in [0, 0.1) is 0 Å². The summed E-state index contributed by atoms with van der Waals surface area (Å²) in [5, 5.41) is 3.13. The van der Waals surface area contributed by atoms with Crippen LogP contribution in [0.3, 0.4) is 0 Å². The van der Waals surface area contributed by atoms with Gasteiger partial charge in [0.25, 0.3) is 0 Å². The molecule has 1 rings (SSSR count). The molecule has 13 heavy (non-hydrogen) atoms. The fourth-order valence-corrected chi connectivity index (χ4v) is 0.877. The van der Waals surface area contributed by atoms with Gasteiger partial charge in [0.1, 0.15) is 0 Å². The lowest BCUT2D eigenvalue weighted by Crippen LogP contribution is -2.29. The summed E-state index contributed by atoms with van der Waals surface area (Å²) in [6.45, 7) is 2.09. The van der Waals surface area contributed by atoms with Crippen molar-refractivity contribution in [2.45, 2.75) is 6.92 Å². The predicted octanol–water partition coefficient (Wildman–Crippen LogP) is 1.53. The van der Waals surface area contributed by atoms with E-state index >= 15 is 0 Å². The SMILES string of the molecule is CC(=O)N(C)CNc1ccccc1. The van der Waals surface area contributed by atoms with Crippen LogP contribution >= 0.6 is 0 Å². The zero-order chi connectivity index (χ0) is 9.68. The van der Waals surface area contributed by atoms with Crippen LogP contribution in [0.5, 0.6) is 0 Å². The number of amides is 1. The number of hydrogen-bond acceptors (Lipinski definition) is 2. The van der Waals surface area contributed by atoms with E-state index < -0.39 is 0 Å². The highest BCUT2D eigenvalue weighted by Crippen LogP contribution is 2.04. The largest absolute Gasteiger partial charge is 0.368 e. The molecule has 0 atom stereocenters. The first kappa shape index (κ1) is 9.58. The molecule has 0 aliphatic carbocycles. The first-order valence-electron chi connectivity index (χ1n) is 4.21. The molecule has 0 bridgehead atoms. The molecule has 3 heteroatoms. The summed E-state index contributed by atoms with van der Waals surface area (Å²) in [7, 11) is 1.76. The second-order valence-electron chi connectivity index (χ2n) is 2.92. The van der Waals surface area contributed by atoms with Gasteiger partial charge < -0.3 is 10.2 Å². The number of para-hydroxylation sites is 1. The Labute approximate surface area is 78.4 Å². The maximum absolute atomic E-state index is 10.9. The Morgan fingerprint density at radius 1 is 1.38 bits per heavy atom. The molecule has 0 fully saturated rings. The van der Waals surface area contributed by atoms with Crippen LogP contribution in [0.15, 0.2) is 30.3 Å². The molecule has 1 N–H and O–H groups in total. The van der Waals surface area contributed by atoms with Crippen LogP contribution in [0.2, 0.25) is 0 Å². The van der Waals surface area contributed by atoms with Gasteiger partial charge >= 0.3 is 0 Å². The van der Waals surface area contributed by atoms with Crippen molar-refractivity contribution in [2.24, 2.45) is 0 Å². The second-order valence-corrected chi connectivity index (χ2v) is 2.92. The molecule has 0 heterocycles. The molecule has 1 aromatic rings. The van der Waals surface area contributed by atoms with Gasteiger partial charge in [-0.3, -0.25) is 4.79 Å². The maximum atomic E-state index is 10.9. The van der Waals surface area contributed by atoms with E-state index in [0.717, 1.165) is 5.69 Å². The van der Waals surface area contributed by atoms with Crippen molar-refractivity contribution in [3.63, 3.8) is 0 Å². The first-order chi connectivity index (χ1) is 6.20. The molecular weight excluding hydrogens is 164 g/mol. The van der Waals surface area contributed by atoms with Crippen LogP contribution in [-0.4, -0.2) is 24.5 Å². The highest BCUT2D eigenvalue weighted by molar-refractivity contribution is 5.73. The van der Waals surface area contributed by atoms with Gasteiger partial charge in [-0.15, -0.1) is 0 Å². The number of nitrogens with zero attached hydrogens (tertiary/aromatic N) is 1. The third-order valence-electron chi connectivity index (χ3n) is 1.83. The van der Waals surface area contributed by atoms with Crippen LogP contribution in [0.4, 0.5) is 5.69 Å². The number of nitrogens with one attached hydrogen (secondary N) is 1. The second kappa shape index (κ2) is 4.50. The van der Waals surface area contributed by atoms with Gasteiger partial charge in [0.05, 0.1) is 6.67 Å². The van der Waals surface area contributed by atoms with Gasteiger partial charge in [-0.1, -0.05) is 18.2 Å². The third-order valence-corrected chi connectivity index (χ3v) is 1.83. The maximum Gasteiger partial charge on any atom is 0.220 e. The summed E-state index contributed by atoms with van der Waals surface area (Å²) in [5.74, 6) is 0.0587. The molecule has 1 amide bonds. The van der Waals surface area contributed by atoms with Crippen LogP contribution in [0.1, 0.15) is 6.92 Å². The molecule has 0 aliphatic heterocycles. The van der Waals surface area contributed by atoms with E-state index in [9.17, 15) is 4.79 Å². The summed E-state index contributed by atoms with van der Waals surface area (Å²) >= 11 is 0. The van der Waals surface area contributed by atoms with E-state index in [1.54, 1.807) is 18.9 Å². The predicted molar refractivity (Wildman–Crippen MR) is 53.4 cm³/mol. The van der Waals surface area contributed by atoms with Crippen molar-refractivity contribution >= 4 is 11.6 Å². The average Bonchev–Trinajstić information content (AvgIpc) is 2.15. The van der Waals surface area contributed by atoms with Crippen molar-refractivity contribution < 1.29 is 4.79 Å². The Bertz CT molecular complexity index is 272. The normalized spacial score (nSPS) is 9.38. The van der Waals surface area contributed by atoms with E-state index in [1.807, 2.05) is 30.3 Å². The molecule has 0 saturated carbocycles. The quantitative estimate of drug-likeness (QED) is 0.712. The van der Waals surface area contributed by atoms with Gasteiger partial charge in [0.2, 0.25) is 5.91 Å². The summed E-state index contributed by atoms with van der Waals surface area (Å²) in [6.07, 6.45) is 0. The average molecular weight is 178 g/mol. The molecular formula is C10H14N2O. The fraction of sp³-hybridized carbons (Fsp3) is 0.300. The molecule has 0 unspecified atom stereocenters. The number of carbonyl (C=O) groups excluding carboxylic acids is 1. The minimum absolute atomic E-state index is 0.0587. The van der Waals surface area contributed by atoms with E-state index in [2.05, 4.69) is 5.32 Å². The van der Waals surface area contributed by atoms with Gasteiger partial charge in [-0.25, -0.2) is 0 Å². The van der Waals surface area contributed by atoms with E-state index in [0.29, 0.717) is 6.67 Å². The zero-order valence-corrected chi connectivity index (χ0v) is 7.95. The molecule has 1 aromatic carbocycles. The van der Waals surface area contributed by atoms with E-state index in [-0.39, 0.29) is 5.91 Å². The van der Waals surface area contributed by atoms with Crippen LogP contribution in [0.25, 0.3) is 0 Å². The third kappa shape index (κ3) is 3.15. The Kier molecular flexibility index (Phi) is 3.31. The molecule has 0 spiro atoms. The topological polar surface area (TPSA) is 32.3 Å². The number of anilines is 1. The molecule has 0 aliphatic rings. The minimum Gasteiger partial charge on any atom is -0.368 e. The molecule has 0 aromatic heterocycles. The molecule has 70 valence electrons. The smallest absolute Gasteiger partial charge is 0.220 e. The Morgan fingerprint density at radius 2 is 2.00 bits per heavy atom. The van der Waals surface area contributed by atoms with Gasteiger partial charge in [0, 0.05) is 19.7 Å². The highest BCUT2D eigenvalue weighted by Gasteiger charge is 1.99. The lowest BCUT2D eigenvalue weighted by Gasteiger charge is -2.16. The Morgan fingerprint density at radius 3 is 2.54 bits per heavy atom. The number of rotatable bonds is 3. The molecule has 3 nitrogen and oxygen atoms in total. The summed E-state index contributed by atoms with van der Waals surface area (Å²) in [4.78, 5) is 12.5. The number of benzene rings is 1. The monoisotopic (exact) mass is 178 g/mol. The van der Waals surface area contributed by atoms with Gasteiger partial charge in [-0.2, -0.15) is 0 Å². The van der Waals surface area contributed by atoms with Gasteiger partial charge in [0.15, 0.2) is 0 Å². The van der Waals surface area contributed by atoms with Crippen molar-refractivity contribution in [3.05, 3.63) is 30.3 Å². The van der Waals surface area contributed by atoms with E-state index in [1.165, 1.54) is 0 Å². The molecule has 0 radical (unpaired) electrons. The lowest BCUT2D eigenvalue weighted by molar-refractivity contribution is -0.127. The van der Waals surface area contributed by atoms with Crippen molar-refractivity contribution in [2.75, 3.05) is 19.0 Å². The van der Waals surface area contributed by atoms with Crippen LogP contribution < -0.4 is 5.32 Å². The lowest BCUT2D eigenvalue weighted by atomic mass is 10.3. The highest BCUT2D eigenvalue weighted by atomic mass is 16.2. The van der Waals surface area contributed by atoms with Crippen molar-refractivity contribution in [1.29, 1.82) is 0 Å². The Balaban J connectivity index is 2.39. The zero-order valence-electron chi connectivity index (χ0n) is 7.95. The van der Waals surface area contributed by atoms with Crippen molar-refractivity contribution in [3.8, 4) is 0 Å². The minimum atomic E-state index is 0.0587. The summed E-state index contributed by atoms with van der Waals surface area (Å²) < 4.78 is 0. The number of hydrogen-bond donors (Lipinski definition) is 1. The Hall–Kier alpha value is -1.51.